The van der Waals surface area contributed by atoms with Crippen LogP contribution in [0.1, 0.15) is 52.4 Å². The first-order chi connectivity index (χ1) is 6.29. The molecule has 0 saturated heterocycles. The van der Waals surface area contributed by atoms with Gasteiger partial charge < -0.3 is 0 Å². The van der Waals surface area contributed by atoms with Gasteiger partial charge in [-0.05, 0) is 56.3 Å². The van der Waals surface area contributed by atoms with Crippen LogP contribution >= 0.6 is 0 Å². The van der Waals surface area contributed by atoms with E-state index < -0.39 is 0 Å². The summed E-state index contributed by atoms with van der Waals surface area (Å²) >= 11 is 0. The van der Waals surface area contributed by atoms with E-state index in [1.165, 1.54) is 38.5 Å². The highest BCUT2D eigenvalue weighted by molar-refractivity contribution is 5.14. The predicted molar refractivity (Wildman–Crippen MR) is 57.6 cm³/mol. The van der Waals surface area contributed by atoms with Crippen LogP contribution in [0, 0.1) is 17.8 Å². The molecule has 1 saturated carbocycles. The minimum absolute atomic E-state index is 0.895. The lowest BCUT2D eigenvalue weighted by atomic mass is 9.67. The molecular formula is C13H22. The second-order valence-electron chi connectivity index (χ2n) is 5.12. The summed E-state index contributed by atoms with van der Waals surface area (Å²) in [6, 6.07) is 0. The SMILES string of the molecule is CC(C)C1CCCC2=CCCCC21. The van der Waals surface area contributed by atoms with Crippen LogP contribution < -0.4 is 0 Å². The summed E-state index contributed by atoms with van der Waals surface area (Å²) in [5.41, 5.74) is 1.82. The third-order valence-electron chi connectivity index (χ3n) is 3.98. The summed E-state index contributed by atoms with van der Waals surface area (Å²) in [5, 5.41) is 0. The molecule has 0 amide bonds. The first-order valence-corrected chi connectivity index (χ1v) is 5.98. The summed E-state index contributed by atoms with van der Waals surface area (Å²) < 4.78 is 0. The number of rotatable bonds is 1. The zero-order valence-electron chi connectivity index (χ0n) is 9.05. The van der Waals surface area contributed by atoms with E-state index in [1.807, 2.05) is 5.57 Å². The third-order valence-corrected chi connectivity index (χ3v) is 3.98. The van der Waals surface area contributed by atoms with Crippen molar-refractivity contribution in [3.63, 3.8) is 0 Å². The maximum Gasteiger partial charge on any atom is -0.0172 e. The van der Waals surface area contributed by atoms with Gasteiger partial charge >= 0.3 is 0 Å². The van der Waals surface area contributed by atoms with Gasteiger partial charge in [0.15, 0.2) is 0 Å². The monoisotopic (exact) mass is 178 g/mol. The molecule has 2 unspecified atom stereocenters. The number of hydrogen-bond acceptors (Lipinski definition) is 0. The van der Waals surface area contributed by atoms with E-state index in [-0.39, 0.29) is 0 Å². The molecule has 13 heavy (non-hydrogen) atoms. The Balaban J connectivity index is 2.13. The van der Waals surface area contributed by atoms with Gasteiger partial charge in [-0.25, -0.2) is 0 Å². The topological polar surface area (TPSA) is 0 Å². The van der Waals surface area contributed by atoms with E-state index in [0.717, 1.165) is 17.8 Å². The van der Waals surface area contributed by atoms with Gasteiger partial charge in [-0.3, -0.25) is 0 Å². The highest BCUT2D eigenvalue weighted by Gasteiger charge is 2.31. The fourth-order valence-corrected chi connectivity index (χ4v) is 3.28. The molecule has 0 radical (unpaired) electrons. The molecule has 0 heteroatoms. The molecule has 2 aliphatic rings. The van der Waals surface area contributed by atoms with Gasteiger partial charge in [-0.2, -0.15) is 0 Å². The van der Waals surface area contributed by atoms with Crippen molar-refractivity contribution in [1.29, 1.82) is 0 Å². The Bertz CT molecular complexity index is 200. The van der Waals surface area contributed by atoms with E-state index in [9.17, 15) is 0 Å². The Labute approximate surface area is 82.4 Å². The van der Waals surface area contributed by atoms with Crippen molar-refractivity contribution in [1.82, 2.24) is 0 Å². The normalized spacial score (nSPS) is 34.2. The molecule has 0 aromatic rings. The van der Waals surface area contributed by atoms with E-state index in [1.54, 1.807) is 0 Å². The number of allylic oxidation sites excluding steroid dienone is 2. The smallest absolute Gasteiger partial charge is 0.0172 e. The van der Waals surface area contributed by atoms with Crippen LogP contribution in [0.15, 0.2) is 11.6 Å². The average Bonchev–Trinajstić information content (AvgIpc) is 2.17. The molecule has 2 rings (SSSR count). The lowest BCUT2D eigenvalue weighted by Crippen LogP contribution is -2.27. The second kappa shape index (κ2) is 3.86. The Morgan fingerprint density at radius 3 is 2.85 bits per heavy atom. The summed E-state index contributed by atoms with van der Waals surface area (Å²) in [6.45, 7) is 4.81. The summed E-state index contributed by atoms with van der Waals surface area (Å²) in [4.78, 5) is 0. The van der Waals surface area contributed by atoms with E-state index in [4.69, 9.17) is 0 Å². The van der Waals surface area contributed by atoms with Gasteiger partial charge in [-0.1, -0.05) is 25.5 Å². The Hall–Kier alpha value is -0.260. The van der Waals surface area contributed by atoms with Crippen LogP contribution in [0.4, 0.5) is 0 Å². The van der Waals surface area contributed by atoms with Crippen LogP contribution in [0.3, 0.4) is 0 Å². The zero-order valence-corrected chi connectivity index (χ0v) is 9.05. The molecule has 0 heterocycles. The Kier molecular flexibility index (Phi) is 2.76. The molecule has 0 aromatic heterocycles. The van der Waals surface area contributed by atoms with Crippen LogP contribution in [0.2, 0.25) is 0 Å². The largest absolute Gasteiger partial charge is 0.0850 e. The summed E-state index contributed by atoms with van der Waals surface area (Å²) in [6.07, 6.45) is 11.2. The molecule has 0 nitrogen and oxygen atoms in total. The highest BCUT2D eigenvalue weighted by atomic mass is 14.4. The van der Waals surface area contributed by atoms with Crippen molar-refractivity contribution in [2.45, 2.75) is 52.4 Å². The minimum Gasteiger partial charge on any atom is -0.0850 e. The standard InChI is InChI=1S/C13H22/c1-10(2)12-9-5-7-11-6-3-4-8-13(11)12/h6,10,12-13H,3-5,7-9H2,1-2H3. The second-order valence-corrected chi connectivity index (χ2v) is 5.12. The lowest BCUT2D eigenvalue weighted by Gasteiger charge is -2.38. The molecular weight excluding hydrogens is 156 g/mol. The van der Waals surface area contributed by atoms with Gasteiger partial charge in [0.2, 0.25) is 0 Å². The summed E-state index contributed by atoms with van der Waals surface area (Å²) in [5.74, 6) is 2.87. The first kappa shape index (κ1) is 9.30. The molecule has 0 aromatic carbocycles. The fourth-order valence-electron chi connectivity index (χ4n) is 3.28. The maximum absolute atomic E-state index is 2.54. The molecule has 0 bridgehead atoms. The van der Waals surface area contributed by atoms with Crippen LogP contribution in [0.5, 0.6) is 0 Å². The van der Waals surface area contributed by atoms with Crippen molar-refractivity contribution >= 4 is 0 Å². The van der Waals surface area contributed by atoms with Gasteiger partial charge in [-0.15, -0.1) is 0 Å². The Morgan fingerprint density at radius 2 is 2.08 bits per heavy atom. The Morgan fingerprint density at radius 1 is 1.23 bits per heavy atom. The van der Waals surface area contributed by atoms with Crippen molar-refractivity contribution in [2.75, 3.05) is 0 Å². The van der Waals surface area contributed by atoms with E-state index in [2.05, 4.69) is 19.9 Å². The van der Waals surface area contributed by atoms with E-state index >= 15 is 0 Å². The van der Waals surface area contributed by atoms with Crippen molar-refractivity contribution < 1.29 is 0 Å². The molecule has 0 aliphatic heterocycles. The summed E-state index contributed by atoms with van der Waals surface area (Å²) in [7, 11) is 0. The number of fused-ring (bicyclic) bond motifs is 1. The molecule has 0 spiro atoms. The zero-order chi connectivity index (χ0) is 9.26. The van der Waals surface area contributed by atoms with Crippen molar-refractivity contribution in [3.8, 4) is 0 Å². The lowest BCUT2D eigenvalue weighted by molar-refractivity contribution is 0.211. The van der Waals surface area contributed by atoms with Crippen LogP contribution in [-0.2, 0) is 0 Å². The van der Waals surface area contributed by atoms with E-state index in [0.29, 0.717) is 0 Å². The van der Waals surface area contributed by atoms with Gasteiger partial charge in [0.25, 0.3) is 0 Å². The molecule has 0 N–H and O–H groups in total. The fraction of sp³-hybridized carbons (Fsp3) is 0.846. The minimum atomic E-state index is 0.895. The first-order valence-electron chi connectivity index (χ1n) is 5.98. The maximum atomic E-state index is 2.54. The molecule has 1 fully saturated rings. The predicted octanol–water partition coefficient (Wildman–Crippen LogP) is 4.17. The molecule has 74 valence electrons. The van der Waals surface area contributed by atoms with Crippen LogP contribution in [0.25, 0.3) is 0 Å². The number of hydrogen-bond donors (Lipinski definition) is 0. The van der Waals surface area contributed by atoms with Gasteiger partial charge in [0, 0.05) is 0 Å². The van der Waals surface area contributed by atoms with Gasteiger partial charge in [0.1, 0.15) is 0 Å². The molecule has 2 atom stereocenters. The van der Waals surface area contributed by atoms with Gasteiger partial charge in [0.05, 0.1) is 0 Å². The molecule has 2 aliphatic carbocycles. The van der Waals surface area contributed by atoms with Crippen LogP contribution in [-0.4, -0.2) is 0 Å². The third kappa shape index (κ3) is 1.82. The van der Waals surface area contributed by atoms with Crippen molar-refractivity contribution in [3.05, 3.63) is 11.6 Å². The average molecular weight is 178 g/mol. The highest BCUT2D eigenvalue weighted by Crippen LogP contribution is 2.43. The van der Waals surface area contributed by atoms with Crippen molar-refractivity contribution in [2.24, 2.45) is 17.8 Å². The quantitative estimate of drug-likeness (QED) is 0.529.